The van der Waals surface area contributed by atoms with Crippen LogP contribution in [0.3, 0.4) is 0 Å². The van der Waals surface area contributed by atoms with Crippen molar-refractivity contribution in [2.45, 2.75) is 46.0 Å². The Labute approximate surface area is 206 Å². The molecule has 4 rings (SSSR count). The summed E-state index contributed by atoms with van der Waals surface area (Å²) >= 11 is 0. The molecule has 1 aliphatic rings. The van der Waals surface area contributed by atoms with E-state index >= 15 is 0 Å². The molecular formula is C25H29F2N5O4. The molecule has 36 heavy (non-hydrogen) atoms. The molecule has 0 amide bonds. The summed E-state index contributed by atoms with van der Waals surface area (Å²) in [5.74, 6) is -0.552. The number of nitrogens with one attached hydrogen (secondary N) is 1. The maximum absolute atomic E-state index is 14.2. The van der Waals surface area contributed by atoms with Crippen molar-refractivity contribution in [3.63, 3.8) is 0 Å². The summed E-state index contributed by atoms with van der Waals surface area (Å²) in [6, 6.07) is 4.72. The molecule has 1 aliphatic heterocycles. The van der Waals surface area contributed by atoms with Gasteiger partial charge in [-0.15, -0.1) is 0 Å². The van der Waals surface area contributed by atoms with Gasteiger partial charge in [-0.1, -0.05) is 25.4 Å². The number of oxime groups is 1. The van der Waals surface area contributed by atoms with E-state index in [0.717, 1.165) is 25.3 Å². The number of nitrogens with zero attached hydrogens (tertiary/aromatic N) is 4. The highest BCUT2D eigenvalue weighted by atomic mass is 19.1. The molecule has 11 heteroatoms. The van der Waals surface area contributed by atoms with Crippen LogP contribution in [0.1, 0.15) is 45.1 Å². The number of piperazine rings is 1. The fourth-order valence-corrected chi connectivity index (χ4v) is 4.26. The van der Waals surface area contributed by atoms with E-state index in [9.17, 15) is 18.4 Å². The Morgan fingerprint density at radius 1 is 1.14 bits per heavy atom. The monoisotopic (exact) mass is 501 g/mol. The molecular weight excluding hydrogens is 472 g/mol. The Balaban J connectivity index is 1.51. The number of unbranched alkanes of at least 4 members (excludes halogenated alkanes) is 1. The highest BCUT2D eigenvalue weighted by Crippen LogP contribution is 2.22. The Kier molecular flexibility index (Phi) is 7.97. The Hall–Kier alpha value is -3.76. The molecule has 0 radical (unpaired) electrons. The van der Waals surface area contributed by atoms with Crippen LogP contribution in [-0.4, -0.2) is 46.9 Å². The van der Waals surface area contributed by atoms with Gasteiger partial charge in [0.15, 0.2) is 0 Å². The molecule has 0 unspecified atom stereocenters. The predicted molar refractivity (Wildman–Crippen MR) is 133 cm³/mol. The maximum Gasteiger partial charge on any atom is 0.337 e. The van der Waals surface area contributed by atoms with Crippen LogP contribution in [0.5, 0.6) is 6.01 Å². The van der Waals surface area contributed by atoms with Crippen molar-refractivity contribution >= 4 is 22.6 Å². The van der Waals surface area contributed by atoms with Gasteiger partial charge in [0.2, 0.25) is 5.71 Å². The van der Waals surface area contributed by atoms with E-state index in [2.05, 4.69) is 15.1 Å². The lowest BCUT2D eigenvalue weighted by molar-refractivity contribution is 0.288. The number of H-pyrrole nitrogens is 1. The van der Waals surface area contributed by atoms with Gasteiger partial charge in [0, 0.05) is 44.7 Å². The van der Waals surface area contributed by atoms with Gasteiger partial charge in [-0.05, 0) is 37.0 Å². The maximum atomic E-state index is 14.2. The summed E-state index contributed by atoms with van der Waals surface area (Å²) in [4.78, 5) is 40.8. The molecule has 9 nitrogen and oxygen atoms in total. The zero-order valence-electron chi connectivity index (χ0n) is 20.4. The van der Waals surface area contributed by atoms with Crippen molar-refractivity contribution in [3.8, 4) is 6.01 Å². The number of halogens is 2. The summed E-state index contributed by atoms with van der Waals surface area (Å²) in [6.45, 7) is 6.16. The van der Waals surface area contributed by atoms with E-state index in [1.807, 2.05) is 23.6 Å². The van der Waals surface area contributed by atoms with E-state index in [1.165, 1.54) is 18.2 Å². The minimum absolute atomic E-state index is 0.0884. The van der Waals surface area contributed by atoms with Gasteiger partial charge in [-0.3, -0.25) is 9.78 Å². The lowest BCUT2D eigenvalue weighted by Crippen LogP contribution is -2.49. The van der Waals surface area contributed by atoms with Crippen LogP contribution in [0.15, 0.2) is 43.4 Å². The van der Waals surface area contributed by atoms with Crippen LogP contribution in [0.2, 0.25) is 0 Å². The van der Waals surface area contributed by atoms with Gasteiger partial charge in [-0.25, -0.2) is 13.6 Å². The van der Waals surface area contributed by atoms with Crippen LogP contribution in [-0.2, 0) is 6.42 Å². The largest absolute Gasteiger partial charge is 0.403 e. The first-order valence-electron chi connectivity index (χ1n) is 12.2. The minimum atomic E-state index is -0.610. The van der Waals surface area contributed by atoms with Crippen LogP contribution in [0.25, 0.3) is 11.1 Å². The second-order valence-electron chi connectivity index (χ2n) is 8.66. The minimum Gasteiger partial charge on any atom is -0.403 e. The molecule has 0 aliphatic carbocycles. The molecule has 3 aromatic rings. The van der Waals surface area contributed by atoms with E-state index < -0.39 is 22.8 Å². The van der Waals surface area contributed by atoms with Crippen molar-refractivity contribution in [3.05, 3.63) is 62.2 Å². The average Bonchev–Trinajstić information content (AvgIpc) is 2.85. The Morgan fingerprint density at radius 2 is 1.92 bits per heavy atom. The summed E-state index contributed by atoms with van der Waals surface area (Å²) in [7, 11) is 0. The molecule has 0 saturated carbocycles. The van der Waals surface area contributed by atoms with Crippen LogP contribution < -0.4 is 20.9 Å². The van der Waals surface area contributed by atoms with Gasteiger partial charge in [-0.2, -0.15) is 4.98 Å². The van der Waals surface area contributed by atoms with Crippen LogP contribution >= 0.6 is 0 Å². The number of fused-ring (bicyclic) bond motifs is 1. The fourth-order valence-electron chi connectivity index (χ4n) is 4.26. The second kappa shape index (κ2) is 11.3. The number of aryl methyl sites for hydroxylation is 1. The summed E-state index contributed by atoms with van der Waals surface area (Å²) < 4.78 is 32.6. The number of aromatic nitrogens is 2. The van der Waals surface area contributed by atoms with E-state index in [0.29, 0.717) is 56.1 Å². The van der Waals surface area contributed by atoms with Gasteiger partial charge in [0.25, 0.3) is 5.56 Å². The van der Waals surface area contributed by atoms with Crippen LogP contribution in [0.4, 0.5) is 14.5 Å². The fraction of sp³-hybridized carbons (Fsp3) is 0.440. The number of hydrogen-bond donors (Lipinski definition) is 1. The number of rotatable bonds is 8. The average molecular weight is 502 g/mol. The first-order valence-corrected chi connectivity index (χ1v) is 12.2. The number of amidine groups is 1. The molecule has 1 aromatic carbocycles. The zero-order chi connectivity index (χ0) is 25.7. The predicted octanol–water partition coefficient (Wildman–Crippen LogP) is 3.81. The standard InChI is InChI=1S/C25H29F2N5O4/c1-3-5-7-16-14-21(33)35-24-22(16)23(34)28-25(29-24)36-30-20(6-4-2)32-12-10-31(11-13-32)19-9-8-17(26)15-18(19)27/h8-9,14-15H,3-7,10-13H2,1-2H3,(H,28,29,34)/b30-20+. The van der Waals surface area contributed by atoms with Crippen molar-refractivity contribution in [2.24, 2.45) is 5.16 Å². The van der Waals surface area contributed by atoms with Crippen molar-refractivity contribution in [1.82, 2.24) is 14.9 Å². The molecule has 1 fully saturated rings. The number of hydrogen-bond acceptors (Lipinski definition) is 7. The molecule has 1 saturated heterocycles. The zero-order valence-corrected chi connectivity index (χ0v) is 20.4. The molecule has 1 N–H and O–H groups in total. The van der Waals surface area contributed by atoms with Crippen molar-refractivity contribution in [1.29, 1.82) is 0 Å². The molecule has 0 atom stereocenters. The SMILES string of the molecule is CCCCc1cc(=O)oc2nc(O/N=C(\CCC)N3CCN(c4ccc(F)cc4F)CC3)[nH]c(=O)c12. The first-order chi connectivity index (χ1) is 17.4. The number of anilines is 1. The van der Waals surface area contributed by atoms with Gasteiger partial charge >= 0.3 is 11.6 Å². The molecule has 0 bridgehead atoms. The van der Waals surface area contributed by atoms with Crippen molar-refractivity contribution in [2.75, 3.05) is 31.1 Å². The van der Waals surface area contributed by atoms with Crippen molar-refractivity contribution < 1.29 is 18.0 Å². The first kappa shape index (κ1) is 25.3. The van der Waals surface area contributed by atoms with E-state index in [1.54, 1.807) is 0 Å². The highest BCUT2D eigenvalue weighted by molar-refractivity contribution is 5.82. The summed E-state index contributed by atoms with van der Waals surface area (Å²) in [6.07, 6.45) is 3.71. The molecule has 192 valence electrons. The van der Waals surface area contributed by atoms with Gasteiger partial charge in [0.1, 0.15) is 22.9 Å². The second-order valence-corrected chi connectivity index (χ2v) is 8.66. The lowest BCUT2D eigenvalue weighted by atomic mass is 10.1. The number of benzene rings is 1. The van der Waals surface area contributed by atoms with E-state index in [-0.39, 0.29) is 17.1 Å². The Morgan fingerprint density at radius 3 is 2.61 bits per heavy atom. The Bertz CT molecular complexity index is 1360. The highest BCUT2D eigenvalue weighted by Gasteiger charge is 2.22. The third kappa shape index (κ3) is 5.72. The van der Waals surface area contributed by atoms with E-state index in [4.69, 9.17) is 9.25 Å². The summed E-state index contributed by atoms with van der Waals surface area (Å²) in [5.41, 5.74) is -0.182. The third-order valence-electron chi connectivity index (χ3n) is 6.08. The number of aromatic amines is 1. The third-order valence-corrected chi connectivity index (χ3v) is 6.08. The summed E-state index contributed by atoms with van der Waals surface area (Å²) in [5, 5.41) is 4.46. The molecule has 0 spiro atoms. The molecule has 2 aromatic heterocycles. The normalized spacial score (nSPS) is 14.5. The smallest absolute Gasteiger partial charge is 0.337 e. The van der Waals surface area contributed by atoms with Crippen LogP contribution in [0, 0.1) is 11.6 Å². The van der Waals surface area contributed by atoms with Gasteiger partial charge in [0.05, 0.1) is 5.69 Å². The molecule has 3 heterocycles. The quantitative estimate of drug-likeness (QED) is 0.284. The van der Waals surface area contributed by atoms with Gasteiger partial charge < -0.3 is 19.1 Å². The lowest BCUT2D eigenvalue weighted by Gasteiger charge is -2.37. The topological polar surface area (TPSA) is 104 Å².